The summed E-state index contributed by atoms with van der Waals surface area (Å²) in [7, 11) is 0. The lowest BCUT2D eigenvalue weighted by molar-refractivity contribution is -0.138. The number of hydrogen-bond donors (Lipinski definition) is 2. The third kappa shape index (κ3) is 5.73. The first-order valence-corrected chi connectivity index (χ1v) is 7.41. The molecule has 1 aliphatic rings. The van der Waals surface area contributed by atoms with Crippen molar-refractivity contribution >= 4 is 29.2 Å². The number of anilines is 1. The van der Waals surface area contributed by atoms with E-state index in [0.29, 0.717) is 23.2 Å². The van der Waals surface area contributed by atoms with Crippen LogP contribution >= 0.6 is 11.6 Å². The maximum atomic E-state index is 11.9. The Kier molecular flexibility index (Phi) is 5.59. The summed E-state index contributed by atoms with van der Waals surface area (Å²) in [5, 5.41) is 12.1. The molecule has 21 heavy (non-hydrogen) atoms. The normalized spacial score (nSPS) is 14.2. The summed E-state index contributed by atoms with van der Waals surface area (Å²) in [5.74, 6) is -0.424. The first kappa shape index (κ1) is 15.8. The van der Waals surface area contributed by atoms with Gasteiger partial charge in [-0.15, -0.1) is 0 Å². The van der Waals surface area contributed by atoms with Gasteiger partial charge in [0.15, 0.2) is 0 Å². The standard InChI is InChI=1S/C15H19ClN2O3/c16-12-3-1-2-4-13(12)17-14(19)7-8-18(10-15(20)21)9-11-5-6-11/h1-4,11H,5-10H2,(H,17,19)(H,20,21). The van der Waals surface area contributed by atoms with Crippen LogP contribution in [0.3, 0.4) is 0 Å². The highest BCUT2D eigenvalue weighted by molar-refractivity contribution is 6.33. The Morgan fingerprint density at radius 1 is 1.33 bits per heavy atom. The number of para-hydroxylation sites is 1. The fraction of sp³-hybridized carbons (Fsp3) is 0.467. The molecule has 0 bridgehead atoms. The summed E-state index contributed by atoms with van der Waals surface area (Å²) in [6, 6.07) is 7.04. The van der Waals surface area contributed by atoms with Crippen molar-refractivity contribution in [3.63, 3.8) is 0 Å². The molecule has 6 heteroatoms. The summed E-state index contributed by atoms with van der Waals surface area (Å²) >= 11 is 5.97. The molecule has 1 aliphatic carbocycles. The Morgan fingerprint density at radius 2 is 2.05 bits per heavy atom. The molecular formula is C15H19ClN2O3. The molecular weight excluding hydrogens is 292 g/mol. The van der Waals surface area contributed by atoms with Crippen LogP contribution in [-0.2, 0) is 9.59 Å². The van der Waals surface area contributed by atoms with Crippen LogP contribution < -0.4 is 5.32 Å². The van der Waals surface area contributed by atoms with Gasteiger partial charge in [0.2, 0.25) is 5.91 Å². The van der Waals surface area contributed by atoms with Crippen LogP contribution in [0, 0.1) is 5.92 Å². The van der Waals surface area contributed by atoms with E-state index in [1.807, 2.05) is 4.90 Å². The average molecular weight is 311 g/mol. The fourth-order valence-electron chi connectivity index (χ4n) is 2.13. The Bertz CT molecular complexity index is 517. The quantitative estimate of drug-likeness (QED) is 0.774. The van der Waals surface area contributed by atoms with Crippen molar-refractivity contribution < 1.29 is 14.7 Å². The van der Waals surface area contributed by atoms with Crippen LogP contribution in [0.25, 0.3) is 0 Å². The van der Waals surface area contributed by atoms with Crippen LogP contribution in [0.1, 0.15) is 19.3 Å². The summed E-state index contributed by atoms with van der Waals surface area (Å²) in [6.07, 6.45) is 2.56. The Balaban J connectivity index is 1.80. The van der Waals surface area contributed by atoms with Crippen LogP contribution in [0.2, 0.25) is 5.02 Å². The maximum Gasteiger partial charge on any atom is 0.317 e. The molecule has 1 saturated carbocycles. The number of benzene rings is 1. The number of carbonyl (C=O) groups is 2. The van der Waals surface area contributed by atoms with E-state index in [4.69, 9.17) is 16.7 Å². The van der Waals surface area contributed by atoms with E-state index in [0.717, 1.165) is 19.4 Å². The van der Waals surface area contributed by atoms with Crippen molar-refractivity contribution in [3.05, 3.63) is 29.3 Å². The fourth-order valence-corrected chi connectivity index (χ4v) is 2.31. The smallest absolute Gasteiger partial charge is 0.317 e. The second-order valence-electron chi connectivity index (χ2n) is 5.35. The third-order valence-electron chi connectivity index (χ3n) is 3.38. The molecule has 1 aromatic carbocycles. The van der Waals surface area contributed by atoms with Crippen molar-refractivity contribution in [2.75, 3.05) is 25.0 Å². The van der Waals surface area contributed by atoms with E-state index in [1.54, 1.807) is 24.3 Å². The molecule has 0 aromatic heterocycles. The predicted molar refractivity (Wildman–Crippen MR) is 81.5 cm³/mol. The molecule has 2 N–H and O–H groups in total. The molecule has 1 fully saturated rings. The predicted octanol–water partition coefficient (Wildman–Crippen LogP) is 2.47. The number of nitrogens with zero attached hydrogens (tertiary/aromatic N) is 1. The molecule has 0 aliphatic heterocycles. The van der Waals surface area contributed by atoms with Gasteiger partial charge in [-0.2, -0.15) is 0 Å². The first-order valence-electron chi connectivity index (χ1n) is 7.03. The SMILES string of the molecule is O=C(O)CN(CCC(=O)Nc1ccccc1Cl)CC1CC1. The number of aliphatic carboxylic acids is 1. The van der Waals surface area contributed by atoms with Gasteiger partial charge in [-0.25, -0.2) is 0 Å². The second kappa shape index (κ2) is 7.43. The highest BCUT2D eigenvalue weighted by Gasteiger charge is 2.25. The summed E-state index contributed by atoms with van der Waals surface area (Å²) in [5.41, 5.74) is 0.580. The number of carboxylic acids is 1. The number of amides is 1. The number of rotatable bonds is 8. The first-order chi connectivity index (χ1) is 10.0. The zero-order valence-corrected chi connectivity index (χ0v) is 12.5. The van der Waals surface area contributed by atoms with Crippen molar-refractivity contribution in [2.45, 2.75) is 19.3 Å². The van der Waals surface area contributed by atoms with Gasteiger partial charge in [-0.05, 0) is 30.9 Å². The number of carbonyl (C=O) groups excluding carboxylic acids is 1. The molecule has 0 heterocycles. The van der Waals surface area contributed by atoms with Crippen molar-refractivity contribution in [3.8, 4) is 0 Å². The minimum Gasteiger partial charge on any atom is -0.480 e. The van der Waals surface area contributed by atoms with Crippen LogP contribution in [0.15, 0.2) is 24.3 Å². The average Bonchev–Trinajstić information content (AvgIpc) is 3.22. The van der Waals surface area contributed by atoms with Crippen LogP contribution in [0.4, 0.5) is 5.69 Å². The number of nitrogens with one attached hydrogen (secondary N) is 1. The molecule has 0 saturated heterocycles. The zero-order valence-electron chi connectivity index (χ0n) is 11.7. The van der Waals surface area contributed by atoms with Gasteiger partial charge in [-0.3, -0.25) is 14.5 Å². The Labute approximate surface area is 128 Å². The van der Waals surface area contributed by atoms with Gasteiger partial charge in [0.05, 0.1) is 17.3 Å². The lowest BCUT2D eigenvalue weighted by atomic mass is 10.3. The van der Waals surface area contributed by atoms with E-state index in [2.05, 4.69) is 5.32 Å². The second-order valence-corrected chi connectivity index (χ2v) is 5.76. The molecule has 0 atom stereocenters. The van der Waals surface area contributed by atoms with Crippen molar-refractivity contribution in [2.24, 2.45) is 5.92 Å². The molecule has 114 valence electrons. The molecule has 0 radical (unpaired) electrons. The number of halogens is 1. The topological polar surface area (TPSA) is 69.6 Å². The Morgan fingerprint density at radius 3 is 2.67 bits per heavy atom. The molecule has 5 nitrogen and oxygen atoms in total. The van der Waals surface area contributed by atoms with E-state index < -0.39 is 5.97 Å². The minimum absolute atomic E-state index is 0.0180. The van der Waals surface area contributed by atoms with Crippen molar-refractivity contribution in [1.82, 2.24) is 4.90 Å². The van der Waals surface area contributed by atoms with Crippen LogP contribution in [-0.4, -0.2) is 41.5 Å². The van der Waals surface area contributed by atoms with Gasteiger partial charge in [0.25, 0.3) is 0 Å². The molecule has 1 amide bonds. The zero-order chi connectivity index (χ0) is 15.2. The lowest BCUT2D eigenvalue weighted by Crippen LogP contribution is -2.34. The molecule has 2 rings (SSSR count). The van der Waals surface area contributed by atoms with E-state index in [-0.39, 0.29) is 18.9 Å². The largest absolute Gasteiger partial charge is 0.480 e. The van der Waals surface area contributed by atoms with E-state index in [9.17, 15) is 9.59 Å². The molecule has 0 spiro atoms. The molecule has 0 unspecified atom stereocenters. The Hall–Kier alpha value is -1.59. The number of carboxylic acid groups (broad SMARTS) is 1. The summed E-state index contributed by atoms with van der Waals surface area (Å²) in [4.78, 5) is 24.6. The van der Waals surface area contributed by atoms with Crippen molar-refractivity contribution in [1.29, 1.82) is 0 Å². The van der Waals surface area contributed by atoms with Gasteiger partial charge < -0.3 is 10.4 Å². The summed E-state index contributed by atoms with van der Waals surface area (Å²) < 4.78 is 0. The summed E-state index contributed by atoms with van der Waals surface area (Å²) in [6.45, 7) is 1.18. The van der Waals surface area contributed by atoms with Gasteiger partial charge in [0.1, 0.15) is 0 Å². The highest BCUT2D eigenvalue weighted by atomic mass is 35.5. The third-order valence-corrected chi connectivity index (χ3v) is 3.70. The maximum absolute atomic E-state index is 11.9. The highest BCUT2D eigenvalue weighted by Crippen LogP contribution is 2.29. The van der Waals surface area contributed by atoms with Crippen LogP contribution in [0.5, 0.6) is 0 Å². The lowest BCUT2D eigenvalue weighted by Gasteiger charge is -2.19. The van der Waals surface area contributed by atoms with Gasteiger partial charge >= 0.3 is 5.97 Å². The monoisotopic (exact) mass is 310 g/mol. The van der Waals surface area contributed by atoms with Gasteiger partial charge in [0, 0.05) is 19.5 Å². The molecule has 1 aromatic rings. The number of hydrogen-bond acceptors (Lipinski definition) is 3. The van der Waals surface area contributed by atoms with E-state index >= 15 is 0 Å². The minimum atomic E-state index is -0.859. The van der Waals surface area contributed by atoms with Gasteiger partial charge in [-0.1, -0.05) is 23.7 Å². The van der Waals surface area contributed by atoms with E-state index in [1.165, 1.54) is 0 Å².